The molecule has 0 aliphatic rings. The van der Waals surface area contributed by atoms with Crippen LogP contribution in [0.2, 0.25) is 10.0 Å². The summed E-state index contributed by atoms with van der Waals surface area (Å²) in [4.78, 5) is 12.2. The van der Waals surface area contributed by atoms with Crippen LogP contribution in [-0.2, 0) is 6.54 Å². The first-order valence-corrected chi connectivity index (χ1v) is 7.87. The van der Waals surface area contributed by atoms with Crippen LogP contribution in [0.4, 0.5) is 4.39 Å². The van der Waals surface area contributed by atoms with E-state index in [1.165, 1.54) is 13.2 Å². The molecule has 0 aliphatic heterocycles. The van der Waals surface area contributed by atoms with Crippen molar-refractivity contribution in [3.05, 3.63) is 57.3 Å². The lowest BCUT2D eigenvalue weighted by atomic mass is 10.1. The number of hydrogen-bond acceptors (Lipinski definition) is 3. The minimum atomic E-state index is -0.717. The van der Waals surface area contributed by atoms with Crippen LogP contribution in [-0.4, -0.2) is 19.6 Å². The number of carbonyl (C=O) groups is 1. The van der Waals surface area contributed by atoms with Gasteiger partial charge < -0.3 is 14.8 Å². The maximum Gasteiger partial charge on any atom is 0.253 e. The molecule has 7 heteroatoms. The van der Waals surface area contributed by atoms with Gasteiger partial charge >= 0.3 is 0 Å². The summed E-state index contributed by atoms with van der Waals surface area (Å²) >= 11 is 11.6. The molecule has 0 saturated carbocycles. The molecule has 1 amide bonds. The standard InChI is InChI=1S/C18H14Cl2FNO3/c1-3-6-25-17-7-11(4-5-16(17)24-2)10-22-18(23)12-8-15(21)14(20)9-13(12)19/h1,4-5,7-9H,6,10H2,2H3,(H,22,23). The van der Waals surface area contributed by atoms with Crippen molar-refractivity contribution in [2.75, 3.05) is 13.7 Å². The van der Waals surface area contributed by atoms with Gasteiger partial charge in [-0.1, -0.05) is 35.2 Å². The third-order valence-corrected chi connectivity index (χ3v) is 3.85. The molecule has 0 radical (unpaired) electrons. The molecule has 2 aromatic carbocycles. The van der Waals surface area contributed by atoms with Gasteiger partial charge in [-0.05, 0) is 29.8 Å². The highest BCUT2D eigenvalue weighted by Crippen LogP contribution is 2.28. The molecule has 2 rings (SSSR count). The Morgan fingerprint density at radius 3 is 2.68 bits per heavy atom. The van der Waals surface area contributed by atoms with E-state index in [0.717, 1.165) is 11.6 Å². The van der Waals surface area contributed by atoms with Crippen molar-refractivity contribution in [1.29, 1.82) is 0 Å². The van der Waals surface area contributed by atoms with E-state index in [1.54, 1.807) is 18.2 Å². The highest BCUT2D eigenvalue weighted by Gasteiger charge is 2.14. The Labute approximate surface area is 154 Å². The van der Waals surface area contributed by atoms with Crippen molar-refractivity contribution < 1.29 is 18.7 Å². The Kier molecular flexibility index (Phi) is 6.51. The van der Waals surface area contributed by atoms with Crippen molar-refractivity contribution in [3.63, 3.8) is 0 Å². The molecule has 0 saturated heterocycles. The van der Waals surface area contributed by atoms with E-state index in [1.807, 2.05) is 0 Å². The average Bonchev–Trinajstić information content (AvgIpc) is 2.61. The molecule has 4 nitrogen and oxygen atoms in total. The van der Waals surface area contributed by atoms with Crippen LogP contribution in [0.1, 0.15) is 15.9 Å². The van der Waals surface area contributed by atoms with E-state index < -0.39 is 11.7 Å². The molecular formula is C18H14Cl2FNO3. The quantitative estimate of drug-likeness (QED) is 0.605. The van der Waals surface area contributed by atoms with Crippen molar-refractivity contribution in [1.82, 2.24) is 5.32 Å². The Bertz CT molecular complexity index is 834. The first-order valence-electron chi connectivity index (χ1n) is 7.12. The summed E-state index contributed by atoms with van der Waals surface area (Å²) in [6.07, 6.45) is 5.18. The third-order valence-electron chi connectivity index (χ3n) is 3.25. The fourth-order valence-electron chi connectivity index (χ4n) is 2.04. The molecule has 1 N–H and O–H groups in total. The minimum absolute atomic E-state index is 0.000818. The van der Waals surface area contributed by atoms with Gasteiger partial charge in [0.15, 0.2) is 11.5 Å². The molecular weight excluding hydrogens is 368 g/mol. The normalized spacial score (nSPS) is 10.0. The van der Waals surface area contributed by atoms with E-state index in [9.17, 15) is 9.18 Å². The van der Waals surface area contributed by atoms with Crippen molar-refractivity contribution in [3.8, 4) is 23.8 Å². The van der Waals surface area contributed by atoms with Crippen LogP contribution in [0, 0.1) is 18.2 Å². The summed E-state index contributed by atoms with van der Waals surface area (Å²) in [5.74, 6) is 2.11. The largest absolute Gasteiger partial charge is 0.493 e. The van der Waals surface area contributed by atoms with Crippen LogP contribution in [0.15, 0.2) is 30.3 Å². The van der Waals surface area contributed by atoms with E-state index in [0.29, 0.717) is 11.5 Å². The van der Waals surface area contributed by atoms with Crippen molar-refractivity contribution in [2.24, 2.45) is 0 Å². The Morgan fingerprint density at radius 2 is 2.00 bits per heavy atom. The zero-order valence-electron chi connectivity index (χ0n) is 13.2. The zero-order valence-corrected chi connectivity index (χ0v) is 14.7. The molecule has 0 aromatic heterocycles. The van der Waals surface area contributed by atoms with Gasteiger partial charge in [-0.15, -0.1) is 6.42 Å². The molecule has 0 fully saturated rings. The number of nitrogens with one attached hydrogen (secondary N) is 1. The number of amides is 1. The second-order valence-corrected chi connectivity index (χ2v) is 5.72. The van der Waals surface area contributed by atoms with Gasteiger partial charge in [-0.25, -0.2) is 4.39 Å². The number of methoxy groups -OCH3 is 1. The van der Waals surface area contributed by atoms with E-state index in [-0.39, 0.29) is 28.8 Å². The Hall–Kier alpha value is -2.42. The van der Waals surface area contributed by atoms with Gasteiger partial charge in [0.25, 0.3) is 5.91 Å². The number of halogens is 3. The maximum atomic E-state index is 13.5. The van der Waals surface area contributed by atoms with Gasteiger partial charge in [0.05, 0.1) is 22.7 Å². The molecule has 25 heavy (non-hydrogen) atoms. The molecule has 0 atom stereocenters. The second-order valence-electron chi connectivity index (χ2n) is 4.91. The maximum absolute atomic E-state index is 13.5. The lowest BCUT2D eigenvalue weighted by molar-refractivity contribution is 0.0950. The molecule has 0 heterocycles. The monoisotopic (exact) mass is 381 g/mol. The number of rotatable bonds is 6. The highest BCUT2D eigenvalue weighted by atomic mass is 35.5. The summed E-state index contributed by atoms with van der Waals surface area (Å²) in [6, 6.07) is 7.33. The van der Waals surface area contributed by atoms with Crippen LogP contribution in [0.5, 0.6) is 11.5 Å². The van der Waals surface area contributed by atoms with Crippen LogP contribution in [0.3, 0.4) is 0 Å². The first kappa shape index (κ1) is 18.9. The smallest absolute Gasteiger partial charge is 0.253 e. The van der Waals surface area contributed by atoms with Gasteiger partial charge in [0.2, 0.25) is 0 Å². The number of benzene rings is 2. The zero-order chi connectivity index (χ0) is 18.4. The van der Waals surface area contributed by atoms with Gasteiger partial charge in [0, 0.05) is 6.54 Å². The molecule has 0 unspecified atom stereocenters. The lowest BCUT2D eigenvalue weighted by Crippen LogP contribution is -2.23. The average molecular weight is 382 g/mol. The number of ether oxygens (including phenoxy) is 2. The van der Waals surface area contributed by atoms with Gasteiger partial charge in [0.1, 0.15) is 12.4 Å². The summed E-state index contributed by atoms with van der Waals surface area (Å²) < 4.78 is 24.1. The van der Waals surface area contributed by atoms with E-state index >= 15 is 0 Å². The van der Waals surface area contributed by atoms with Crippen LogP contribution >= 0.6 is 23.2 Å². The summed E-state index contributed by atoms with van der Waals surface area (Å²) in [6.45, 7) is 0.266. The minimum Gasteiger partial charge on any atom is -0.493 e. The summed E-state index contributed by atoms with van der Waals surface area (Å²) in [5.41, 5.74) is 0.743. The first-order chi connectivity index (χ1) is 12.0. The molecule has 0 aliphatic carbocycles. The SMILES string of the molecule is C#CCOc1cc(CNC(=O)c2cc(F)c(Cl)cc2Cl)ccc1OC. The second kappa shape index (κ2) is 8.61. The van der Waals surface area contributed by atoms with Crippen molar-refractivity contribution >= 4 is 29.1 Å². The lowest BCUT2D eigenvalue weighted by Gasteiger charge is -2.12. The number of terminal acetylenes is 1. The van der Waals surface area contributed by atoms with E-state index in [2.05, 4.69) is 11.2 Å². The van der Waals surface area contributed by atoms with Crippen LogP contribution in [0.25, 0.3) is 0 Å². The topological polar surface area (TPSA) is 47.6 Å². The molecule has 2 aromatic rings. The fourth-order valence-corrected chi connectivity index (χ4v) is 2.51. The summed E-state index contributed by atoms with van der Waals surface area (Å²) in [7, 11) is 1.51. The van der Waals surface area contributed by atoms with Crippen molar-refractivity contribution in [2.45, 2.75) is 6.54 Å². The predicted octanol–water partition coefficient (Wildman–Crippen LogP) is 4.08. The van der Waals surface area contributed by atoms with E-state index in [4.69, 9.17) is 39.1 Å². The molecule has 0 spiro atoms. The Morgan fingerprint density at radius 1 is 1.24 bits per heavy atom. The summed E-state index contributed by atoms with van der Waals surface area (Å²) in [5, 5.41) is 2.57. The third kappa shape index (κ3) is 4.79. The van der Waals surface area contributed by atoms with Gasteiger partial charge in [-0.3, -0.25) is 4.79 Å². The number of carbonyl (C=O) groups excluding carboxylic acids is 1. The van der Waals surface area contributed by atoms with Crippen LogP contribution < -0.4 is 14.8 Å². The highest BCUT2D eigenvalue weighted by molar-refractivity contribution is 6.36. The Balaban J connectivity index is 2.12. The molecule has 0 bridgehead atoms. The predicted molar refractivity (Wildman–Crippen MR) is 94.9 cm³/mol. The van der Waals surface area contributed by atoms with Gasteiger partial charge in [-0.2, -0.15) is 0 Å². The molecule has 130 valence electrons. The fraction of sp³-hybridized carbons (Fsp3) is 0.167. The number of hydrogen-bond donors (Lipinski definition) is 1.